The Kier molecular flexibility index (Phi) is 2.99. The maximum atomic E-state index is 11.2. The Balaban J connectivity index is 2.41. The molecule has 0 atom stereocenters. The third kappa shape index (κ3) is 2.38. The van der Waals surface area contributed by atoms with Crippen molar-refractivity contribution in [3.8, 4) is 17.2 Å². The molecule has 5 heteroatoms. The lowest BCUT2D eigenvalue weighted by molar-refractivity contribution is -0.135. The summed E-state index contributed by atoms with van der Waals surface area (Å²) in [5, 5.41) is 0. The summed E-state index contributed by atoms with van der Waals surface area (Å²) in [7, 11) is 1.49. The molecule has 0 aromatic heterocycles. The zero-order chi connectivity index (χ0) is 12.4. The number of carbonyl (C=O) groups is 2. The molecule has 0 radical (unpaired) electrons. The van der Waals surface area contributed by atoms with Crippen molar-refractivity contribution in [1.82, 2.24) is 0 Å². The highest BCUT2D eigenvalue weighted by atomic mass is 16.6. The molecule has 5 nitrogen and oxygen atoms in total. The van der Waals surface area contributed by atoms with E-state index in [4.69, 9.17) is 14.2 Å². The van der Waals surface area contributed by atoms with E-state index in [1.54, 1.807) is 6.07 Å². The monoisotopic (exact) mass is 236 g/mol. The summed E-state index contributed by atoms with van der Waals surface area (Å²) in [6.07, 6.45) is 0.952. The van der Waals surface area contributed by atoms with Crippen LogP contribution < -0.4 is 14.2 Å². The van der Waals surface area contributed by atoms with E-state index in [0.717, 1.165) is 5.56 Å². The molecule has 1 aliphatic heterocycles. The molecule has 0 spiro atoms. The van der Waals surface area contributed by atoms with Crippen LogP contribution in [0.2, 0.25) is 0 Å². The van der Waals surface area contributed by atoms with Crippen molar-refractivity contribution in [2.24, 2.45) is 0 Å². The molecular formula is C12H12O5. The number of esters is 2. The first-order chi connectivity index (χ1) is 8.10. The van der Waals surface area contributed by atoms with Gasteiger partial charge >= 0.3 is 11.9 Å². The van der Waals surface area contributed by atoms with Gasteiger partial charge in [0.25, 0.3) is 0 Å². The Bertz CT molecular complexity index is 478. The zero-order valence-corrected chi connectivity index (χ0v) is 9.61. The van der Waals surface area contributed by atoms with Crippen LogP contribution in [-0.4, -0.2) is 19.0 Å². The average molecular weight is 236 g/mol. The molecule has 0 N–H and O–H groups in total. The second-order valence-electron chi connectivity index (χ2n) is 3.68. The SMILES string of the molecule is COc1cc2c(cc1OC(C)=O)OC(=O)CC2. The molecule has 1 aromatic rings. The minimum atomic E-state index is -0.453. The van der Waals surface area contributed by atoms with E-state index in [0.29, 0.717) is 24.3 Å². The van der Waals surface area contributed by atoms with Gasteiger partial charge in [0.15, 0.2) is 11.5 Å². The van der Waals surface area contributed by atoms with Crippen LogP contribution in [-0.2, 0) is 16.0 Å². The van der Waals surface area contributed by atoms with Crippen LogP contribution in [0.25, 0.3) is 0 Å². The van der Waals surface area contributed by atoms with Crippen LogP contribution in [0.4, 0.5) is 0 Å². The topological polar surface area (TPSA) is 61.8 Å². The summed E-state index contributed by atoms with van der Waals surface area (Å²) in [5.74, 6) is 0.408. The molecule has 17 heavy (non-hydrogen) atoms. The number of methoxy groups -OCH3 is 1. The fourth-order valence-corrected chi connectivity index (χ4v) is 1.68. The lowest BCUT2D eigenvalue weighted by Gasteiger charge is -2.18. The van der Waals surface area contributed by atoms with E-state index in [1.165, 1.54) is 20.1 Å². The summed E-state index contributed by atoms with van der Waals surface area (Å²) >= 11 is 0. The number of benzene rings is 1. The third-order valence-corrected chi connectivity index (χ3v) is 2.42. The third-order valence-electron chi connectivity index (χ3n) is 2.42. The van der Waals surface area contributed by atoms with Gasteiger partial charge in [0, 0.05) is 13.0 Å². The lowest BCUT2D eigenvalue weighted by atomic mass is 10.1. The largest absolute Gasteiger partial charge is 0.493 e. The van der Waals surface area contributed by atoms with Crippen LogP contribution >= 0.6 is 0 Å². The van der Waals surface area contributed by atoms with E-state index in [2.05, 4.69) is 0 Å². The van der Waals surface area contributed by atoms with Gasteiger partial charge in [-0.3, -0.25) is 9.59 Å². The smallest absolute Gasteiger partial charge is 0.311 e. The number of ether oxygens (including phenoxy) is 3. The van der Waals surface area contributed by atoms with Gasteiger partial charge in [0.1, 0.15) is 5.75 Å². The first-order valence-electron chi connectivity index (χ1n) is 5.20. The normalized spacial score (nSPS) is 13.6. The average Bonchev–Trinajstić information content (AvgIpc) is 2.27. The number of hydrogen-bond donors (Lipinski definition) is 0. The number of carbonyl (C=O) groups excluding carboxylic acids is 2. The van der Waals surface area contributed by atoms with Crippen LogP contribution in [0.3, 0.4) is 0 Å². The maximum absolute atomic E-state index is 11.2. The van der Waals surface area contributed by atoms with Gasteiger partial charge in [0.05, 0.1) is 13.5 Å². The van der Waals surface area contributed by atoms with Crippen LogP contribution in [0, 0.1) is 0 Å². The van der Waals surface area contributed by atoms with Crippen molar-refractivity contribution in [3.63, 3.8) is 0 Å². The predicted molar refractivity (Wildman–Crippen MR) is 58.3 cm³/mol. The Hall–Kier alpha value is -2.04. The zero-order valence-electron chi connectivity index (χ0n) is 9.61. The van der Waals surface area contributed by atoms with E-state index in [-0.39, 0.29) is 11.7 Å². The standard InChI is InChI=1S/C12H12O5/c1-7(13)16-11-6-9-8(5-10(11)15-2)3-4-12(14)17-9/h5-6H,3-4H2,1-2H3. The van der Waals surface area contributed by atoms with Crippen molar-refractivity contribution in [2.75, 3.05) is 7.11 Å². The molecule has 0 amide bonds. The molecule has 0 saturated heterocycles. The Morgan fingerprint density at radius 3 is 2.71 bits per heavy atom. The van der Waals surface area contributed by atoms with Crippen molar-refractivity contribution in [3.05, 3.63) is 17.7 Å². The van der Waals surface area contributed by atoms with Gasteiger partial charge in [-0.15, -0.1) is 0 Å². The highest BCUT2D eigenvalue weighted by Crippen LogP contribution is 2.37. The van der Waals surface area contributed by atoms with E-state index in [1.807, 2.05) is 0 Å². The van der Waals surface area contributed by atoms with Gasteiger partial charge in [-0.25, -0.2) is 0 Å². The number of hydrogen-bond acceptors (Lipinski definition) is 5. The molecule has 1 aromatic carbocycles. The molecular weight excluding hydrogens is 224 g/mol. The lowest BCUT2D eigenvalue weighted by Crippen LogP contribution is -2.16. The van der Waals surface area contributed by atoms with Crippen molar-refractivity contribution in [2.45, 2.75) is 19.8 Å². The predicted octanol–water partition coefficient (Wildman–Crippen LogP) is 1.47. The Labute approximate surface area is 98.3 Å². The molecule has 0 saturated carbocycles. The van der Waals surface area contributed by atoms with Crippen LogP contribution in [0.15, 0.2) is 12.1 Å². The molecule has 0 unspecified atom stereocenters. The molecule has 1 heterocycles. The van der Waals surface area contributed by atoms with Gasteiger partial charge < -0.3 is 14.2 Å². The molecule has 90 valence electrons. The quantitative estimate of drug-likeness (QED) is 0.574. The maximum Gasteiger partial charge on any atom is 0.311 e. The van der Waals surface area contributed by atoms with E-state index < -0.39 is 5.97 Å². The minimum Gasteiger partial charge on any atom is -0.493 e. The fraction of sp³-hybridized carbons (Fsp3) is 0.333. The van der Waals surface area contributed by atoms with Crippen molar-refractivity contribution >= 4 is 11.9 Å². The summed E-state index contributed by atoms with van der Waals surface area (Å²) in [5.41, 5.74) is 0.873. The molecule has 0 fully saturated rings. The minimum absolute atomic E-state index is 0.258. The second kappa shape index (κ2) is 4.45. The molecule has 0 aliphatic carbocycles. The van der Waals surface area contributed by atoms with Gasteiger partial charge in [-0.2, -0.15) is 0 Å². The summed E-state index contributed by atoms with van der Waals surface area (Å²) in [6, 6.07) is 3.23. The van der Waals surface area contributed by atoms with Crippen LogP contribution in [0.1, 0.15) is 18.9 Å². The Morgan fingerprint density at radius 2 is 2.06 bits per heavy atom. The first kappa shape index (κ1) is 11.4. The van der Waals surface area contributed by atoms with E-state index in [9.17, 15) is 9.59 Å². The highest BCUT2D eigenvalue weighted by Gasteiger charge is 2.21. The fourth-order valence-electron chi connectivity index (χ4n) is 1.68. The van der Waals surface area contributed by atoms with E-state index >= 15 is 0 Å². The summed E-state index contributed by atoms with van der Waals surface area (Å²) in [6.45, 7) is 1.30. The number of aryl methyl sites for hydroxylation is 1. The molecule has 2 rings (SSSR count). The summed E-state index contributed by atoms with van der Waals surface area (Å²) in [4.78, 5) is 22.1. The highest BCUT2D eigenvalue weighted by molar-refractivity contribution is 5.77. The van der Waals surface area contributed by atoms with Crippen molar-refractivity contribution in [1.29, 1.82) is 0 Å². The first-order valence-corrected chi connectivity index (χ1v) is 5.20. The second-order valence-corrected chi connectivity index (χ2v) is 3.68. The molecule has 1 aliphatic rings. The van der Waals surface area contributed by atoms with Crippen molar-refractivity contribution < 1.29 is 23.8 Å². The van der Waals surface area contributed by atoms with Gasteiger partial charge in [0.2, 0.25) is 0 Å². The number of fused-ring (bicyclic) bond motifs is 1. The Morgan fingerprint density at radius 1 is 1.29 bits per heavy atom. The molecule has 0 bridgehead atoms. The van der Waals surface area contributed by atoms with Crippen LogP contribution in [0.5, 0.6) is 17.2 Å². The summed E-state index contributed by atoms with van der Waals surface area (Å²) < 4.78 is 15.2. The van der Waals surface area contributed by atoms with Gasteiger partial charge in [-0.1, -0.05) is 0 Å². The van der Waals surface area contributed by atoms with Gasteiger partial charge in [-0.05, 0) is 18.1 Å². The number of rotatable bonds is 2.